The minimum atomic E-state index is -0.969. The zero-order valence-electron chi connectivity index (χ0n) is 9.02. The number of hydrogen-bond acceptors (Lipinski definition) is 4. The van der Waals surface area contributed by atoms with Crippen LogP contribution in [0.25, 0.3) is 0 Å². The molecule has 0 bridgehead atoms. The average Bonchev–Trinajstić information content (AvgIpc) is 2.79. The highest BCUT2D eigenvalue weighted by molar-refractivity contribution is 5.88. The number of carboxylic acids is 1. The van der Waals surface area contributed by atoms with Gasteiger partial charge in [0.05, 0.1) is 5.69 Å². The summed E-state index contributed by atoms with van der Waals surface area (Å²) in [5.41, 5.74) is 0.752. The Labute approximate surface area is 93.9 Å². The predicted octanol–water partition coefficient (Wildman–Crippen LogP) is 1.21. The largest absolute Gasteiger partial charge is 0.478 e. The normalized spacial score (nSPS) is 16.5. The first kappa shape index (κ1) is 11.0. The molecule has 1 aliphatic carbocycles. The molecule has 1 heterocycles. The number of carboxylic acid groups (broad SMARTS) is 1. The molecule has 0 spiro atoms. The Kier molecular flexibility index (Phi) is 3.46. The Morgan fingerprint density at radius 1 is 1.50 bits per heavy atom. The molecule has 0 unspecified atom stereocenters. The van der Waals surface area contributed by atoms with Gasteiger partial charge in [0.25, 0.3) is 0 Å². The molecular formula is C11H15N3O2. The molecular weight excluding hydrogens is 206 g/mol. The fraction of sp³-hybridized carbons (Fsp3) is 0.545. The third kappa shape index (κ3) is 2.55. The lowest BCUT2D eigenvalue weighted by Gasteiger charge is -2.11. The van der Waals surface area contributed by atoms with Crippen molar-refractivity contribution in [1.29, 1.82) is 0 Å². The summed E-state index contributed by atoms with van der Waals surface area (Å²) in [6.07, 6.45) is 7.60. The molecule has 1 aromatic heterocycles. The van der Waals surface area contributed by atoms with E-state index < -0.39 is 5.97 Å². The van der Waals surface area contributed by atoms with Gasteiger partial charge in [0.2, 0.25) is 0 Å². The molecule has 1 fully saturated rings. The van der Waals surface area contributed by atoms with Gasteiger partial charge in [-0.1, -0.05) is 12.8 Å². The molecule has 0 amide bonds. The number of aromatic carboxylic acids is 1. The summed E-state index contributed by atoms with van der Waals surface area (Å²) >= 11 is 0. The summed E-state index contributed by atoms with van der Waals surface area (Å²) in [6.45, 7) is 0.509. The van der Waals surface area contributed by atoms with Gasteiger partial charge in [-0.05, 0) is 12.8 Å². The highest BCUT2D eigenvalue weighted by atomic mass is 16.4. The maximum atomic E-state index is 10.9. The van der Waals surface area contributed by atoms with E-state index in [1.807, 2.05) is 0 Å². The molecule has 1 aliphatic rings. The third-order valence-corrected chi connectivity index (χ3v) is 2.94. The number of hydrogen-bond donors (Lipinski definition) is 2. The van der Waals surface area contributed by atoms with Crippen molar-refractivity contribution in [3.8, 4) is 0 Å². The second-order valence-electron chi connectivity index (χ2n) is 4.05. The van der Waals surface area contributed by atoms with Crippen LogP contribution in [0.4, 0.5) is 0 Å². The number of aromatic nitrogens is 2. The maximum absolute atomic E-state index is 10.9. The molecule has 1 saturated carbocycles. The minimum Gasteiger partial charge on any atom is -0.478 e. The first-order chi connectivity index (χ1) is 7.77. The minimum absolute atomic E-state index is 0.188. The molecule has 0 saturated heterocycles. The molecule has 1 aromatic rings. The van der Waals surface area contributed by atoms with Crippen LogP contribution >= 0.6 is 0 Å². The molecule has 16 heavy (non-hydrogen) atoms. The summed E-state index contributed by atoms with van der Waals surface area (Å²) < 4.78 is 0. The molecule has 0 aliphatic heterocycles. The van der Waals surface area contributed by atoms with Gasteiger partial charge in [0, 0.05) is 18.8 Å². The summed E-state index contributed by atoms with van der Waals surface area (Å²) in [6, 6.07) is 0.511. The van der Waals surface area contributed by atoms with Crippen molar-refractivity contribution in [2.24, 2.45) is 0 Å². The van der Waals surface area contributed by atoms with Crippen LogP contribution in [-0.2, 0) is 6.54 Å². The van der Waals surface area contributed by atoms with Crippen LogP contribution in [-0.4, -0.2) is 27.1 Å². The van der Waals surface area contributed by atoms with Crippen molar-refractivity contribution in [3.05, 3.63) is 23.8 Å². The highest BCUT2D eigenvalue weighted by Gasteiger charge is 2.16. The molecule has 0 aromatic carbocycles. The number of nitrogens with zero attached hydrogens (tertiary/aromatic N) is 2. The first-order valence-electron chi connectivity index (χ1n) is 5.53. The Bertz CT molecular complexity index is 375. The van der Waals surface area contributed by atoms with Crippen LogP contribution in [0.15, 0.2) is 12.5 Å². The topological polar surface area (TPSA) is 75.1 Å². The van der Waals surface area contributed by atoms with Crippen LogP contribution in [0, 0.1) is 0 Å². The van der Waals surface area contributed by atoms with Crippen molar-refractivity contribution < 1.29 is 9.90 Å². The van der Waals surface area contributed by atoms with Crippen molar-refractivity contribution in [1.82, 2.24) is 15.3 Å². The van der Waals surface area contributed by atoms with Gasteiger partial charge >= 0.3 is 5.97 Å². The molecule has 0 radical (unpaired) electrons. The van der Waals surface area contributed by atoms with E-state index in [0.717, 1.165) is 0 Å². The van der Waals surface area contributed by atoms with Gasteiger partial charge in [-0.2, -0.15) is 0 Å². The fourth-order valence-electron chi connectivity index (χ4n) is 2.05. The van der Waals surface area contributed by atoms with Crippen LogP contribution in [0.1, 0.15) is 41.7 Å². The fourth-order valence-corrected chi connectivity index (χ4v) is 2.05. The monoisotopic (exact) mass is 221 g/mol. The molecule has 5 heteroatoms. The van der Waals surface area contributed by atoms with E-state index in [-0.39, 0.29) is 5.56 Å². The lowest BCUT2D eigenvalue weighted by Crippen LogP contribution is -2.26. The Balaban J connectivity index is 2.00. The van der Waals surface area contributed by atoms with Crippen molar-refractivity contribution in [3.63, 3.8) is 0 Å². The zero-order chi connectivity index (χ0) is 11.4. The van der Waals surface area contributed by atoms with Gasteiger partial charge in [-0.25, -0.2) is 14.8 Å². The first-order valence-corrected chi connectivity index (χ1v) is 5.53. The summed E-state index contributed by atoms with van der Waals surface area (Å²) in [5.74, 6) is -0.969. The van der Waals surface area contributed by atoms with E-state index in [1.54, 1.807) is 0 Å². The molecule has 0 atom stereocenters. The quantitative estimate of drug-likeness (QED) is 0.799. The summed E-state index contributed by atoms with van der Waals surface area (Å²) in [4.78, 5) is 18.6. The molecule has 5 nitrogen and oxygen atoms in total. The smallest absolute Gasteiger partial charge is 0.339 e. The third-order valence-electron chi connectivity index (χ3n) is 2.94. The second-order valence-corrected chi connectivity index (χ2v) is 4.05. The average molecular weight is 221 g/mol. The van der Waals surface area contributed by atoms with E-state index >= 15 is 0 Å². The van der Waals surface area contributed by atoms with Crippen molar-refractivity contribution >= 4 is 5.97 Å². The molecule has 86 valence electrons. The van der Waals surface area contributed by atoms with Crippen LogP contribution < -0.4 is 5.32 Å². The van der Waals surface area contributed by atoms with E-state index in [2.05, 4.69) is 15.3 Å². The Morgan fingerprint density at radius 3 is 2.94 bits per heavy atom. The standard InChI is InChI=1S/C11H15N3O2/c15-11(16)9-5-12-7-14-10(9)6-13-8-3-1-2-4-8/h5,7-8,13H,1-4,6H2,(H,15,16). The van der Waals surface area contributed by atoms with Gasteiger partial charge in [0.1, 0.15) is 11.9 Å². The number of rotatable bonds is 4. The van der Waals surface area contributed by atoms with Gasteiger partial charge in [-0.15, -0.1) is 0 Å². The lowest BCUT2D eigenvalue weighted by atomic mass is 10.2. The van der Waals surface area contributed by atoms with E-state index in [4.69, 9.17) is 5.11 Å². The molecule has 2 rings (SSSR count). The molecule has 2 N–H and O–H groups in total. The van der Waals surface area contributed by atoms with Gasteiger partial charge in [0.15, 0.2) is 0 Å². The maximum Gasteiger partial charge on any atom is 0.339 e. The van der Waals surface area contributed by atoms with E-state index in [1.165, 1.54) is 38.2 Å². The van der Waals surface area contributed by atoms with Crippen LogP contribution in [0.3, 0.4) is 0 Å². The van der Waals surface area contributed by atoms with Gasteiger partial charge in [-0.3, -0.25) is 0 Å². The van der Waals surface area contributed by atoms with Crippen molar-refractivity contribution in [2.45, 2.75) is 38.3 Å². The van der Waals surface area contributed by atoms with Gasteiger partial charge < -0.3 is 10.4 Å². The summed E-state index contributed by atoms with van der Waals surface area (Å²) in [5, 5.41) is 12.3. The SMILES string of the molecule is O=C(O)c1cncnc1CNC1CCCC1. The van der Waals surface area contributed by atoms with Crippen LogP contribution in [0.5, 0.6) is 0 Å². The second kappa shape index (κ2) is 5.03. The lowest BCUT2D eigenvalue weighted by molar-refractivity contribution is 0.0694. The number of carbonyl (C=O) groups is 1. The summed E-state index contributed by atoms with van der Waals surface area (Å²) in [7, 11) is 0. The Morgan fingerprint density at radius 2 is 2.25 bits per heavy atom. The number of nitrogens with one attached hydrogen (secondary N) is 1. The zero-order valence-corrected chi connectivity index (χ0v) is 9.02. The highest BCUT2D eigenvalue weighted by Crippen LogP contribution is 2.18. The predicted molar refractivity (Wildman–Crippen MR) is 58.1 cm³/mol. The van der Waals surface area contributed by atoms with E-state index in [0.29, 0.717) is 18.3 Å². The van der Waals surface area contributed by atoms with E-state index in [9.17, 15) is 4.79 Å². The van der Waals surface area contributed by atoms with Crippen molar-refractivity contribution in [2.75, 3.05) is 0 Å². The van der Waals surface area contributed by atoms with Crippen LogP contribution in [0.2, 0.25) is 0 Å². The Hall–Kier alpha value is -1.49.